The maximum atomic E-state index is 4.17. The molecule has 0 bridgehead atoms. The summed E-state index contributed by atoms with van der Waals surface area (Å²) in [6, 6.07) is 0. The van der Waals surface area contributed by atoms with Crippen LogP contribution in [0.15, 0.2) is 36.2 Å². The molecule has 1 N–H and O–H groups in total. The van der Waals surface area contributed by atoms with Gasteiger partial charge in [0, 0.05) is 18.7 Å². The Bertz CT molecular complexity index is 256. The van der Waals surface area contributed by atoms with E-state index in [0.29, 0.717) is 0 Å². The van der Waals surface area contributed by atoms with E-state index in [1.165, 1.54) is 0 Å². The molecule has 2 rings (SSSR count). The summed E-state index contributed by atoms with van der Waals surface area (Å²) in [5, 5.41) is 3.21. The smallest absolute Gasteiger partial charge is 0.299 e. The van der Waals surface area contributed by atoms with Crippen molar-refractivity contribution in [2.24, 2.45) is 0 Å². The molecule has 2 heterocycles. The Kier molecular flexibility index (Phi) is 1.17. The van der Waals surface area contributed by atoms with Gasteiger partial charge in [-0.1, -0.05) is 6.08 Å². The van der Waals surface area contributed by atoms with Crippen molar-refractivity contribution in [2.45, 2.75) is 0 Å². The lowest BCUT2D eigenvalue weighted by atomic mass is 10.1. The van der Waals surface area contributed by atoms with Gasteiger partial charge in [-0.3, -0.25) is 0 Å². The molecule has 0 fully saturated rings. The molecule has 0 saturated carbocycles. The summed E-state index contributed by atoms with van der Waals surface area (Å²) < 4.78 is 0. The average molecular weight is 132 g/mol. The summed E-state index contributed by atoms with van der Waals surface area (Å²) in [6.07, 6.45) is 9.87. The van der Waals surface area contributed by atoms with Gasteiger partial charge in [0.05, 0.1) is 4.99 Å². The van der Waals surface area contributed by atoms with Gasteiger partial charge >= 0.3 is 0 Å². The van der Waals surface area contributed by atoms with Crippen LogP contribution in [-0.2, 0) is 0 Å². The average Bonchev–Trinajstić information content (AvgIpc) is 2.05. The highest BCUT2D eigenvalue weighted by atomic mass is 14.9. The third kappa shape index (κ3) is 0.778. The number of fused-ring (bicyclic) bond motifs is 1. The van der Waals surface area contributed by atoms with Crippen LogP contribution in [0.5, 0.6) is 0 Å². The van der Waals surface area contributed by atoms with Gasteiger partial charge in [0.2, 0.25) is 6.20 Å². The van der Waals surface area contributed by atoms with Crippen LogP contribution in [0.25, 0.3) is 0 Å². The molecule has 10 heavy (non-hydrogen) atoms. The molecule has 0 spiro atoms. The Morgan fingerprint density at radius 3 is 3.40 bits per heavy atom. The van der Waals surface area contributed by atoms with Crippen molar-refractivity contribution >= 4 is 5.71 Å². The second-order valence-electron chi connectivity index (χ2n) is 2.22. The molecule has 2 heteroatoms. The van der Waals surface area contributed by atoms with Crippen LogP contribution in [0.1, 0.15) is 0 Å². The van der Waals surface area contributed by atoms with Crippen LogP contribution in [0.3, 0.4) is 0 Å². The third-order valence-electron chi connectivity index (χ3n) is 1.52. The van der Waals surface area contributed by atoms with Crippen molar-refractivity contribution in [1.29, 1.82) is 0 Å². The van der Waals surface area contributed by atoms with Crippen LogP contribution >= 0.6 is 0 Å². The minimum atomic E-state index is 0.915. The molecule has 0 saturated heterocycles. The molecule has 0 unspecified atom stereocenters. The number of nitrogens with zero attached hydrogens (tertiary/aromatic N) is 1. The van der Waals surface area contributed by atoms with E-state index in [1.54, 1.807) is 6.20 Å². The lowest BCUT2D eigenvalue weighted by Crippen LogP contribution is -2.26. The summed E-state index contributed by atoms with van der Waals surface area (Å²) in [5.74, 6) is 0. The Labute approximate surface area is 59.7 Å². The maximum absolute atomic E-state index is 4.17. The highest BCUT2D eigenvalue weighted by Gasteiger charge is 2.17. The fourth-order valence-corrected chi connectivity index (χ4v) is 1.04. The Hall–Kier alpha value is -1.31. The van der Waals surface area contributed by atoms with E-state index in [-0.39, 0.29) is 0 Å². The predicted octanol–water partition coefficient (Wildman–Crippen LogP) is 0.334. The Balaban J connectivity index is 2.43. The molecular formula is C8H8N2+. The van der Waals surface area contributed by atoms with Crippen molar-refractivity contribution in [3.8, 4) is 0 Å². The quantitative estimate of drug-likeness (QED) is 0.505. The van der Waals surface area contributed by atoms with Gasteiger partial charge in [-0.2, -0.15) is 0 Å². The fourth-order valence-electron chi connectivity index (χ4n) is 1.04. The van der Waals surface area contributed by atoms with Crippen molar-refractivity contribution < 1.29 is 0 Å². The summed E-state index contributed by atoms with van der Waals surface area (Å²) in [5.41, 5.74) is 2.17. The molecular weight excluding hydrogens is 124 g/mol. The number of hydrogen-bond donors (Lipinski definition) is 1. The highest BCUT2D eigenvalue weighted by Crippen LogP contribution is 2.01. The minimum absolute atomic E-state index is 0.915. The lowest BCUT2D eigenvalue weighted by molar-refractivity contribution is 0.930. The summed E-state index contributed by atoms with van der Waals surface area (Å²) in [7, 11) is 0. The first kappa shape index (κ1) is 5.47. The molecule has 0 aromatic heterocycles. The first-order chi connectivity index (χ1) is 4.97. The Morgan fingerprint density at radius 1 is 1.50 bits per heavy atom. The van der Waals surface area contributed by atoms with Crippen molar-refractivity contribution in [2.75, 3.05) is 6.54 Å². The summed E-state index contributed by atoms with van der Waals surface area (Å²) >= 11 is 0. The van der Waals surface area contributed by atoms with Gasteiger partial charge in [-0.15, -0.1) is 0 Å². The van der Waals surface area contributed by atoms with E-state index in [2.05, 4.69) is 16.4 Å². The number of allylic oxidation sites excluding steroid dienone is 3. The van der Waals surface area contributed by atoms with E-state index in [4.69, 9.17) is 0 Å². The van der Waals surface area contributed by atoms with Gasteiger partial charge in [0.1, 0.15) is 5.70 Å². The van der Waals surface area contributed by atoms with Gasteiger partial charge in [-0.25, -0.2) is 0 Å². The van der Waals surface area contributed by atoms with Crippen molar-refractivity contribution in [3.05, 3.63) is 36.2 Å². The molecule has 0 amide bonds. The van der Waals surface area contributed by atoms with E-state index in [0.717, 1.165) is 18.0 Å². The molecule has 1 radical (unpaired) electrons. The lowest BCUT2D eigenvalue weighted by Gasteiger charge is -2.07. The second-order valence-corrected chi connectivity index (χ2v) is 2.22. The van der Waals surface area contributed by atoms with Gasteiger partial charge in [0.15, 0.2) is 0 Å². The predicted molar refractivity (Wildman–Crippen MR) is 41.5 cm³/mol. The van der Waals surface area contributed by atoms with E-state index in [9.17, 15) is 0 Å². The first-order valence-corrected chi connectivity index (χ1v) is 3.32. The highest BCUT2D eigenvalue weighted by molar-refractivity contribution is 6.08. The minimum Gasteiger partial charge on any atom is -0.376 e. The molecule has 0 aliphatic carbocycles. The van der Waals surface area contributed by atoms with E-state index in [1.807, 2.05) is 18.2 Å². The topological polar surface area (TPSA) is 26.1 Å². The van der Waals surface area contributed by atoms with Crippen molar-refractivity contribution in [3.63, 3.8) is 0 Å². The zero-order valence-corrected chi connectivity index (χ0v) is 5.54. The SMILES string of the molecule is C1=C[N+]=C2C=CCNC2=C1. The van der Waals surface area contributed by atoms with Crippen LogP contribution in [0, 0.1) is 0 Å². The van der Waals surface area contributed by atoms with Crippen LogP contribution in [0.4, 0.5) is 0 Å². The summed E-state index contributed by atoms with van der Waals surface area (Å²) in [4.78, 5) is 4.17. The van der Waals surface area contributed by atoms with Gasteiger partial charge in [0.25, 0.3) is 5.71 Å². The Morgan fingerprint density at radius 2 is 2.50 bits per heavy atom. The van der Waals surface area contributed by atoms with Crippen LogP contribution in [0.2, 0.25) is 0 Å². The van der Waals surface area contributed by atoms with Crippen LogP contribution < -0.4 is 10.3 Å². The zero-order valence-electron chi connectivity index (χ0n) is 5.54. The first-order valence-electron chi connectivity index (χ1n) is 3.32. The maximum Gasteiger partial charge on any atom is 0.299 e. The number of rotatable bonds is 0. The molecule has 2 nitrogen and oxygen atoms in total. The fraction of sp³-hybridized carbons (Fsp3) is 0.125. The molecule has 0 atom stereocenters. The largest absolute Gasteiger partial charge is 0.376 e. The second kappa shape index (κ2) is 2.14. The van der Waals surface area contributed by atoms with Gasteiger partial charge < -0.3 is 5.32 Å². The molecule has 2 aliphatic rings. The van der Waals surface area contributed by atoms with Crippen LogP contribution in [-0.4, -0.2) is 12.3 Å². The van der Waals surface area contributed by atoms with E-state index < -0.39 is 0 Å². The number of hydrogen-bond acceptors (Lipinski definition) is 2. The third-order valence-corrected chi connectivity index (χ3v) is 1.52. The molecule has 2 aliphatic heterocycles. The zero-order chi connectivity index (χ0) is 6.81. The standard InChI is InChI=1S/C8H8N2/c1-3-7-8(9-5-1)4-2-6-10-7/h1-5,10H,6H2/q+1. The van der Waals surface area contributed by atoms with Crippen molar-refractivity contribution in [1.82, 2.24) is 10.3 Å². The number of aliphatic imine (C=N–C) groups is 1. The molecule has 0 aromatic rings. The molecule has 0 aromatic carbocycles. The molecule has 49 valence electrons. The monoisotopic (exact) mass is 132 g/mol. The summed E-state index contributed by atoms with van der Waals surface area (Å²) in [6.45, 7) is 0.915. The normalized spacial score (nSPS) is 20.8. The number of nitrogens with one attached hydrogen (secondary N) is 1. The van der Waals surface area contributed by atoms with Gasteiger partial charge in [-0.05, 0) is 6.08 Å². The van der Waals surface area contributed by atoms with E-state index >= 15 is 0 Å².